The average molecular weight is 641 g/mol. The van der Waals surface area contributed by atoms with Gasteiger partial charge in [0.15, 0.2) is 16.6 Å². The zero-order valence-corrected chi connectivity index (χ0v) is 29.1. The number of nitriles is 1. The fourth-order valence-corrected chi connectivity index (χ4v) is 16.7. The summed E-state index contributed by atoms with van der Waals surface area (Å²) < 4.78 is 13.1. The van der Waals surface area contributed by atoms with Crippen molar-refractivity contribution in [3.8, 4) is 6.07 Å². The molecular formula is C31H44N2O7Si3. The molecule has 0 radical (unpaired) electrons. The molecule has 0 aliphatic carbocycles. The minimum Gasteiger partial charge on any atom is -0.481 e. The van der Waals surface area contributed by atoms with Gasteiger partial charge in [-0.2, -0.15) is 5.26 Å². The van der Waals surface area contributed by atoms with Crippen molar-refractivity contribution in [1.29, 1.82) is 5.26 Å². The second kappa shape index (κ2) is 17.5. The van der Waals surface area contributed by atoms with E-state index in [0.29, 0.717) is 6.54 Å². The summed E-state index contributed by atoms with van der Waals surface area (Å²) in [5.41, 5.74) is 3.07. The van der Waals surface area contributed by atoms with Gasteiger partial charge in [-0.1, -0.05) is 66.7 Å². The topological polar surface area (TPSA) is 146 Å². The predicted octanol–water partition coefficient (Wildman–Crippen LogP) is 6.40. The molecule has 9 nitrogen and oxygen atoms in total. The third kappa shape index (κ3) is 16.6. The lowest BCUT2D eigenvalue weighted by molar-refractivity contribution is -0.147. The van der Waals surface area contributed by atoms with Crippen molar-refractivity contribution in [3.05, 3.63) is 89.5 Å². The van der Waals surface area contributed by atoms with Crippen molar-refractivity contribution in [2.75, 3.05) is 6.54 Å². The summed E-state index contributed by atoms with van der Waals surface area (Å²) in [4.78, 5) is 31.6. The highest BCUT2D eigenvalue weighted by Crippen LogP contribution is 2.26. The first-order chi connectivity index (χ1) is 19.9. The molecule has 43 heavy (non-hydrogen) atoms. The number of aliphatic carboxylic acids is 2. The number of benzene rings is 2. The fourth-order valence-electron chi connectivity index (χ4n) is 4.18. The highest BCUT2D eigenvalue weighted by atomic mass is 28.5. The van der Waals surface area contributed by atoms with E-state index in [1.54, 1.807) is 6.08 Å². The Morgan fingerprint density at radius 3 is 1.58 bits per heavy atom. The van der Waals surface area contributed by atoms with Crippen molar-refractivity contribution in [2.45, 2.75) is 64.7 Å². The lowest BCUT2D eigenvalue weighted by atomic mass is 9.97. The van der Waals surface area contributed by atoms with Crippen molar-refractivity contribution in [3.63, 3.8) is 0 Å². The number of carboxylic acids is 2. The maximum Gasteiger partial charge on any atom is 0.314 e. The maximum absolute atomic E-state index is 12.8. The quantitative estimate of drug-likeness (QED) is 0.0537. The second-order valence-corrected chi connectivity index (χ2v) is 24.7. The third-order valence-corrected chi connectivity index (χ3v) is 15.0. The molecule has 12 heteroatoms. The first-order valence-electron chi connectivity index (χ1n) is 14.0. The van der Waals surface area contributed by atoms with Crippen molar-refractivity contribution in [2.24, 2.45) is 0 Å². The van der Waals surface area contributed by atoms with Gasteiger partial charge in [-0.3, -0.25) is 14.4 Å². The van der Waals surface area contributed by atoms with Crippen LogP contribution in [-0.2, 0) is 22.6 Å². The smallest absolute Gasteiger partial charge is 0.314 e. The molecule has 0 saturated carbocycles. The first kappa shape index (κ1) is 37.4. The van der Waals surface area contributed by atoms with Crippen LogP contribution in [0.3, 0.4) is 0 Å². The zero-order chi connectivity index (χ0) is 32.7. The molecule has 0 fully saturated rings. The molecule has 0 saturated heterocycles. The summed E-state index contributed by atoms with van der Waals surface area (Å²) in [5.74, 6) is -2.99. The number of carboxylic acid groups (broad SMARTS) is 2. The van der Waals surface area contributed by atoms with Gasteiger partial charge >= 0.3 is 20.5 Å². The molecule has 0 aliphatic heterocycles. The summed E-state index contributed by atoms with van der Waals surface area (Å²) >= 11 is 0. The number of nitrogens with zero attached hydrogens (tertiary/aromatic N) is 1. The van der Waals surface area contributed by atoms with Crippen LogP contribution in [0.1, 0.15) is 24.0 Å². The Labute approximate surface area is 258 Å². The Morgan fingerprint density at radius 2 is 1.23 bits per heavy atom. The lowest BCUT2D eigenvalue weighted by Crippen LogP contribution is -2.52. The maximum atomic E-state index is 12.8. The summed E-state index contributed by atoms with van der Waals surface area (Å²) in [7, 11) is -5.88. The summed E-state index contributed by atoms with van der Waals surface area (Å²) in [5, 5.41) is 28.0. The standard InChI is InChI=1S/C28H40N2O3Si3.C3H4O4/c1-34(2,3)32-36(7,33-35(4,5)6)22-14-21-30-28(31)26(23-29)19-20-27(24-15-10-8-11-16-24)25-17-12-9-13-18-25;4-2(5)1-3(6)7/h8-13,15-20H,14,21-22H2,1-7H3,(H,30,31);1H2,(H,4,5)(H,6,7). The van der Waals surface area contributed by atoms with Crippen LogP contribution in [0.5, 0.6) is 0 Å². The third-order valence-electron chi connectivity index (χ3n) is 5.39. The van der Waals surface area contributed by atoms with E-state index in [0.717, 1.165) is 29.2 Å². The zero-order valence-electron chi connectivity index (χ0n) is 26.1. The molecule has 0 bridgehead atoms. The monoisotopic (exact) mass is 640 g/mol. The molecule has 2 rings (SSSR count). The Hall–Kier alpha value is -3.61. The molecule has 0 spiro atoms. The van der Waals surface area contributed by atoms with Crippen LogP contribution >= 0.6 is 0 Å². The number of carbonyl (C=O) groups is 3. The molecule has 0 heterocycles. The summed E-state index contributed by atoms with van der Waals surface area (Å²) in [6, 6.07) is 22.8. The van der Waals surface area contributed by atoms with E-state index in [4.69, 9.17) is 18.4 Å². The number of hydrogen-bond donors (Lipinski definition) is 3. The lowest BCUT2D eigenvalue weighted by Gasteiger charge is -2.38. The van der Waals surface area contributed by atoms with Gasteiger partial charge in [0.05, 0.1) is 0 Å². The van der Waals surface area contributed by atoms with E-state index in [2.05, 4.69) is 57.2 Å². The summed E-state index contributed by atoms with van der Waals surface area (Å²) in [6.45, 7) is 15.7. The molecule has 2 aromatic rings. The SMILES string of the molecule is C[Si](C)(C)O[Si](C)(CCCNC(=O)C(C#N)=CC=C(c1ccccc1)c1ccccc1)O[Si](C)(C)C.O=C(O)CC(=O)O. The van der Waals surface area contributed by atoms with E-state index in [-0.39, 0.29) is 11.5 Å². The Kier molecular flexibility index (Phi) is 15.2. The highest BCUT2D eigenvalue weighted by molar-refractivity contribution is 6.87. The van der Waals surface area contributed by atoms with E-state index in [1.807, 2.05) is 66.7 Å². The Balaban J connectivity index is 0.00000117. The first-order valence-corrected chi connectivity index (χ1v) is 23.3. The van der Waals surface area contributed by atoms with Crippen LogP contribution in [0, 0.1) is 11.3 Å². The van der Waals surface area contributed by atoms with Gasteiger partial charge in [-0.05, 0) is 81.1 Å². The molecule has 3 N–H and O–H groups in total. The molecule has 2 aromatic carbocycles. The predicted molar refractivity (Wildman–Crippen MR) is 176 cm³/mol. The van der Waals surface area contributed by atoms with Gasteiger partial charge < -0.3 is 23.8 Å². The number of amides is 1. The van der Waals surface area contributed by atoms with E-state index < -0.39 is 43.6 Å². The number of hydrogen-bond acceptors (Lipinski definition) is 6. The van der Waals surface area contributed by atoms with Crippen LogP contribution in [0.4, 0.5) is 0 Å². The molecule has 0 atom stereocenters. The minimum atomic E-state index is -2.35. The Morgan fingerprint density at radius 1 is 0.791 bits per heavy atom. The number of rotatable bonds is 14. The van der Waals surface area contributed by atoms with Crippen molar-refractivity contribution >= 4 is 48.6 Å². The van der Waals surface area contributed by atoms with Crippen molar-refractivity contribution < 1.29 is 32.8 Å². The normalized spacial score (nSPS) is 11.8. The van der Waals surface area contributed by atoms with Crippen LogP contribution < -0.4 is 5.32 Å². The van der Waals surface area contributed by atoms with Gasteiger partial charge in [-0.15, -0.1) is 0 Å². The van der Waals surface area contributed by atoms with Crippen LogP contribution in [0.15, 0.2) is 78.4 Å². The van der Waals surface area contributed by atoms with Gasteiger partial charge in [0.2, 0.25) is 0 Å². The summed E-state index contributed by atoms with van der Waals surface area (Å²) in [6.07, 6.45) is 3.39. The molecule has 232 valence electrons. The Bertz CT molecular complexity index is 1240. The van der Waals surface area contributed by atoms with Crippen LogP contribution in [-0.4, -0.2) is 59.8 Å². The van der Waals surface area contributed by atoms with Crippen LogP contribution in [0.2, 0.25) is 51.9 Å². The fraction of sp³-hybridized carbons (Fsp3) is 0.355. The second-order valence-electron chi connectivity index (χ2n) is 11.9. The average Bonchev–Trinajstić information content (AvgIpc) is 2.87. The van der Waals surface area contributed by atoms with Gasteiger partial charge in [0.1, 0.15) is 18.1 Å². The molecule has 0 unspecified atom stereocenters. The highest BCUT2D eigenvalue weighted by Gasteiger charge is 2.39. The molecule has 0 aromatic heterocycles. The van der Waals surface area contributed by atoms with Crippen molar-refractivity contribution in [1.82, 2.24) is 5.32 Å². The van der Waals surface area contributed by atoms with Gasteiger partial charge in [0, 0.05) is 6.54 Å². The van der Waals surface area contributed by atoms with Gasteiger partial charge in [-0.25, -0.2) is 0 Å². The number of nitrogens with one attached hydrogen (secondary N) is 1. The van der Waals surface area contributed by atoms with E-state index >= 15 is 0 Å². The van der Waals surface area contributed by atoms with E-state index in [9.17, 15) is 19.6 Å². The minimum absolute atomic E-state index is 0.0797. The van der Waals surface area contributed by atoms with Crippen LogP contribution in [0.25, 0.3) is 5.57 Å². The van der Waals surface area contributed by atoms with Gasteiger partial charge in [0.25, 0.3) is 5.91 Å². The van der Waals surface area contributed by atoms with E-state index in [1.165, 1.54) is 0 Å². The number of carbonyl (C=O) groups excluding carboxylic acids is 1. The number of allylic oxidation sites excluding steroid dienone is 2. The molecule has 0 aliphatic rings. The molecular weight excluding hydrogens is 597 g/mol. The molecule has 1 amide bonds. The largest absolute Gasteiger partial charge is 0.481 e.